The van der Waals surface area contributed by atoms with Crippen molar-refractivity contribution in [3.05, 3.63) is 82.6 Å². The van der Waals surface area contributed by atoms with Gasteiger partial charge in [0, 0.05) is 23.7 Å². The Morgan fingerprint density at radius 3 is 2.67 bits per heavy atom. The highest BCUT2D eigenvalue weighted by Gasteiger charge is 2.30. The van der Waals surface area contributed by atoms with E-state index in [2.05, 4.69) is 10.3 Å². The van der Waals surface area contributed by atoms with Gasteiger partial charge >= 0.3 is 0 Å². The van der Waals surface area contributed by atoms with E-state index < -0.39 is 0 Å². The zero-order chi connectivity index (χ0) is 20.9. The molecule has 1 atom stereocenters. The molecule has 1 aromatic carbocycles. The maximum Gasteiger partial charge on any atom is 0.223 e. The summed E-state index contributed by atoms with van der Waals surface area (Å²) >= 11 is 6.06. The van der Waals surface area contributed by atoms with Crippen molar-refractivity contribution < 1.29 is 4.79 Å². The van der Waals surface area contributed by atoms with Crippen LogP contribution in [0.25, 0.3) is 0 Å². The molecular weight excluding hydrogens is 396 g/mol. The molecular formula is C24H25ClN4O. The Labute approximate surface area is 182 Å². The molecule has 3 heterocycles. The number of aryl methyl sites for hydroxylation is 2. The first-order valence-electron chi connectivity index (χ1n) is 10.3. The molecule has 1 N–H and O–H groups in total. The summed E-state index contributed by atoms with van der Waals surface area (Å²) in [4.78, 5) is 24.2. The standard InChI is InChI=1S/C24H25ClN4O/c1-17-6-2-11-22(26-17)28-23-12-4-9-20(27-23)21-10-5-15-29(21)24(30)14-13-18-7-3-8-19(25)16-18/h2-4,6-9,11-12,16,21H,5,10,13-15H2,1H3,(H,26,27,28)/t21-/m1/s1. The van der Waals surface area contributed by atoms with E-state index in [1.807, 2.05) is 72.5 Å². The minimum absolute atomic E-state index is 0.0177. The quantitative estimate of drug-likeness (QED) is 0.573. The number of carbonyl (C=O) groups excluding carboxylic acids is 1. The number of amides is 1. The number of hydrogen-bond donors (Lipinski definition) is 1. The summed E-state index contributed by atoms with van der Waals surface area (Å²) in [7, 11) is 0. The molecule has 30 heavy (non-hydrogen) atoms. The van der Waals surface area contributed by atoms with E-state index in [0.29, 0.717) is 17.9 Å². The molecule has 3 aromatic rings. The van der Waals surface area contributed by atoms with E-state index in [-0.39, 0.29) is 11.9 Å². The van der Waals surface area contributed by atoms with Crippen LogP contribution in [-0.2, 0) is 11.2 Å². The summed E-state index contributed by atoms with van der Waals surface area (Å²) in [6.07, 6.45) is 3.09. The largest absolute Gasteiger partial charge is 0.334 e. The Morgan fingerprint density at radius 1 is 1.10 bits per heavy atom. The number of likely N-dealkylation sites (tertiary alicyclic amines) is 1. The molecule has 0 spiro atoms. The zero-order valence-electron chi connectivity index (χ0n) is 17.0. The maximum atomic E-state index is 12.9. The lowest BCUT2D eigenvalue weighted by molar-refractivity contribution is -0.132. The van der Waals surface area contributed by atoms with Gasteiger partial charge in [0.2, 0.25) is 5.91 Å². The summed E-state index contributed by atoms with van der Waals surface area (Å²) in [5, 5.41) is 3.97. The van der Waals surface area contributed by atoms with Crippen molar-refractivity contribution >= 4 is 29.1 Å². The molecule has 1 amide bonds. The smallest absolute Gasteiger partial charge is 0.223 e. The van der Waals surface area contributed by atoms with Gasteiger partial charge < -0.3 is 10.2 Å². The van der Waals surface area contributed by atoms with Gasteiger partial charge in [-0.05, 0) is 68.1 Å². The van der Waals surface area contributed by atoms with Gasteiger partial charge in [0.25, 0.3) is 0 Å². The van der Waals surface area contributed by atoms with E-state index in [4.69, 9.17) is 16.6 Å². The van der Waals surface area contributed by atoms with Crippen molar-refractivity contribution in [1.29, 1.82) is 0 Å². The number of nitrogens with zero attached hydrogens (tertiary/aromatic N) is 3. The summed E-state index contributed by atoms with van der Waals surface area (Å²) in [5.74, 6) is 1.67. The lowest BCUT2D eigenvalue weighted by atomic mass is 10.1. The highest BCUT2D eigenvalue weighted by molar-refractivity contribution is 6.30. The monoisotopic (exact) mass is 420 g/mol. The van der Waals surface area contributed by atoms with E-state index in [1.165, 1.54) is 0 Å². The molecule has 0 bridgehead atoms. The van der Waals surface area contributed by atoms with Crippen LogP contribution in [0.4, 0.5) is 11.6 Å². The van der Waals surface area contributed by atoms with E-state index in [1.54, 1.807) is 0 Å². The number of nitrogens with one attached hydrogen (secondary N) is 1. The van der Waals surface area contributed by atoms with Crippen LogP contribution in [-0.4, -0.2) is 27.3 Å². The molecule has 1 aliphatic heterocycles. The zero-order valence-corrected chi connectivity index (χ0v) is 17.8. The number of halogens is 1. The molecule has 5 nitrogen and oxygen atoms in total. The van der Waals surface area contributed by atoms with E-state index >= 15 is 0 Å². The Balaban J connectivity index is 1.44. The van der Waals surface area contributed by atoms with Gasteiger partial charge in [0.15, 0.2) is 0 Å². The van der Waals surface area contributed by atoms with Gasteiger partial charge in [-0.15, -0.1) is 0 Å². The topological polar surface area (TPSA) is 58.1 Å². The molecule has 0 radical (unpaired) electrons. The normalized spacial score (nSPS) is 15.9. The first kappa shape index (κ1) is 20.4. The van der Waals surface area contributed by atoms with Crippen molar-refractivity contribution in [2.24, 2.45) is 0 Å². The summed E-state index contributed by atoms with van der Waals surface area (Å²) in [5.41, 5.74) is 2.95. The van der Waals surface area contributed by atoms with Gasteiger partial charge in [-0.25, -0.2) is 9.97 Å². The van der Waals surface area contributed by atoms with Crippen molar-refractivity contribution in [1.82, 2.24) is 14.9 Å². The highest BCUT2D eigenvalue weighted by Crippen LogP contribution is 2.32. The van der Waals surface area contributed by atoms with Crippen LogP contribution in [0.1, 0.15) is 42.3 Å². The number of aromatic nitrogens is 2. The fourth-order valence-electron chi connectivity index (χ4n) is 3.91. The minimum Gasteiger partial charge on any atom is -0.334 e. The van der Waals surface area contributed by atoms with Gasteiger partial charge in [-0.3, -0.25) is 4.79 Å². The van der Waals surface area contributed by atoms with Crippen LogP contribution >= 0.6 is 11.6 Å². The van der Waals surface area contributed by atoms with Crippen molar-refractivity contribution in [3.63, 3.8) is 0 Å². The molecule has 0 unspecified atom stereocenters. The SMILES string of the molecule is Cc1cccc(Nc2cccc([C@H]3CCCN3C(=O)CCc3cccc(Cl)c3)n2)n1. The van der Waals surface area contributed by atoms with Crippen LogP contribution in [0.2, 0.25) is 5.02 Å². The molecule has 1 saturated heterocycles. The fourth-order valence-corrected chi connectivity index (χ4v) is 4.12. The predicted octanol–water partition coefficient (Wildman–Crippen LogP) is 5.48. The van der Waals surface area contributed by atoms with Crippen molar-refractivity contribution in [2.75, 3.05) is 11.9 Å². The second-order valence-corrected chi connectivity index (χ2v) is 8.05. The van der Waals surface area contributed by atoms with Gasteiger partial charge in [0.05, 0.1) is 11.7 Å². The summed E-state index contributed by atoms with van der Waals surface area (Å²) in [6, 6.07) is 19.5. The number of hydrogen-bond acceptors (Lipinski definition) is 4. The third-order valence-corrected chi connectivity index (χ3v) is 5.58. The number of anilines is 2. The third-order valence-electron chi connectivity index (χ3n) is 5.35. The first-order valence-corrected chi connectivity index (χ1v) is 10.7. The maximum absolute atomic E-state index is 12.9. The van der Waals surface area contributed by atoms with Crippen molar-refractivity contribution in [2.45, 2.75) is 38.6 Å². The Hall–Kier alpha value is -2.92. The molecule has 2 aromatic heterocycles. The van der Waals surface area contributed by atoms with Gasteiger partial charge in [0.1, 0.15) is 11.6 Å². The van der Waals surface area contributed by atoms with Crippen LogP contribution < -0.4 is 5.32 Å². The average molecular weight is 421 g/mol. The molecule has 4 rings (SSSR count). The lowest BCUT2D eigenvalue weighted by Gasteiger charge is -2.25. The predicted molar refractivity (Wildman–Crippen MR) is 120 cm³/mol. The van der Waals surface area contributed by atoms with Crippen LogP contribution in [0.3, 0.4) is 0 Å². The second kappa shape index (κ2) is 9.26. The molecule has 1 aliphatic rings. The lowest BCUT2D eigenvalue weighted by Crippen LogP contribution is -2.31. The Kier molecular flexibility index (Phi) is 6.29. The number of pyridine rings is 2. The third kappa shape index (κ3) is 4.97. The molecule has 0 aliphatic carbocycles. The van der Waals surface area contributed by atoms with Crippen molar-refractivity contribution in [3.8, 4) is 0 Å². The minimum atomic E-state index is 0.0177. The molecule has 0 saturated carbocycles. The first-order chi connectivity index (χ1) is 14.6. The number of benzene rings is 1. The molecule has 6 heteroatoms. The Bertz CT molecular complexity index is 1040. The summed E-state index contributed by atoms with van der Waals surface area (Å²) < 4.78 is 0. The number of carbonyl (C=O) groups is 1. The van der Waals surface area contributed by atoms with Gasteiger partial charge in [-0.2, -0.15) is 0 Å². The number of rotatable bonds is 6. The second-order valence-electron chi connectivity index (χ2n) is 7.61. The van der Waals surface area contributed by atoms with Crippen LogP contribution in [0, 0.1) is 6.92 Å². The van der Waals surface area contributed by atoms with Crippen LogP contribution in [0.5, 0.6) is 0 Å². The van der Waals surface area contributed by atoms with E-state index in [9.17, 15) is 4.79 Å². The summed E-state index contributed by atoms with van der Waals surface area (Å²) in [6.45, 7) is 2.73. The molecule has 1 fully saturated rings. The van der Waals surface area contributed by atoms with Gasteiger partial charge in [-0.1, -0.05) is 35.9 Å². The molecule has 154 valence electrons. The van der Waals surface area contributed by atoms with Crippen LogP contribution in [0.15, 0.2) is 60.7 Å². The fraction of sp³-hybridized carbons (Fsp3) is 0.292. The highest BCUT2D eigenvalue weighted by atomic mass is 35.5. The Morgan fingerprint density at radius 2 is 1.87 bits per heavy atom. The van der Waals surface area contributed by atoms with E-state index in [0.717, 1.165) is 48.0 Å². The average Bonchev–Trinajstić information content (AvgIpc) is 3.22.